The minimum atomic E-state index is -0.214. The number of rotatable bonds is 9. The first-order chi connectivity index (χ1) is 14.6. The molecule has 1 amide bonds. The minimum absolute atomic E-state index is 0.0000623. The van der Waals surface area contributed by atoms with Gasteiger partial charge in [0, 0.05) is 5.56 Å². The van der Waals surface area contributed by atoms with Crippen LogP contribution in [0.5, 0.6) is 11.5 Å². The van der Waals surface area contributed by atoms with Crippen molar-refractivity contribution in [1.29, 1.82) is 0 Å². The first-order valence-corrected chi connectivity index (χ1v) is 10.0. The monoisotopic (exact) mass is 405 g/mol. The molecule has 3 aromatic rings. The first kappa shape index (κ1) is 21.4. The smallest absolute Gasteiger partial charge is 0.275 e. The zero-order valence-electron chi connectivity index (χ0n) is 17.7. The summed E-state index contributed by atoms with van der Waals surface area (Å²) in [6, 6.07) is 25.5. The molecule has 3 rings (SSSR count). The number of ether oxygens (including phenoxy) is 2. The van der Waals surface area contributed by atoms with Crippen LogP contribution < -0.4 is 19.7 Å². The average molecular weight is 406 g/mol. The molecule has 156 valence electrons. The second kappa shape index (κ2) is 10.5. The van der Waals surface area contributed by atoms with Gasteiger partial charge < -0.3 is 19.7 Å². The summed E-state index contributed by atoms with van der Waals surface area (Å²) in [6.07, 6.45) is 0. The lowest BCUT2D eigenvalue weighted by Crippen LogP contribution is -3.08. The molecule has 1 unspecified atom stereocenters. The van der Waals surface area contributed by atoms with Crippen LogP contribution in [-0.4, -0.2) is 33.7 Å². The Labute approximate surface area is 178 Å². The van der Waals surface area contributed by atoms with E-state index in [-0.39, 0.29) is 11.9 Å². The Bertz CT molecular complexity index is 942. The molecule has 5 heteroatoms. The molecule has 0 aliphatic heterocycles. The zero-order chi connectivity index (χ0) is 21.3. The fourth-order valence-electron chi connectivity index (χ4n) is 3.48. The normalized spacial score (nSPS) is 12.6. The highest BCUT2D eigenvalue weighted by molar-refractivity contribution is 5.78. The lowest BCUT2D eigenvalue weighted by molar-refractivity contribution is -0.885. The predicted molar refractivity (Wildman–Crippen MR) is 118 cm³/mol. The maximum Gasteiger partial charge on any atom is 0.275 e. The van der Waals surface area contributed by atoms with Crippen molar-refractivity contribution in [2.45, 2.75) is 12.6 Å². The zero-order valence-corrected chi connectivity index (χ0v) is 17.7. The molecule has 2 N–H and O–H groups in total. The maximum absolute atomic E-state index is 12.9. The average Bonchev–Trinajstić information content (AvgIpc) is 2.78. The third kappa shape index (κ3) is 5.84. The molecular formula is C25H29N2O3+. The highest BCUT2D eigenvalue weighted by Crippen LogP contribution is 2.24. The molecule has 0 aliphatic rings. The van der Waals surface area contributed by atoms with E-state index >= 15 is 0 Å². The van der Waals surface area contributed by atoms with Gasteiger partial charge in [0.25, 0.3) is 5.91 Å². The van der Waals surface area contributed by atoms with Gasteiger partial charge in [0.05, 0.1) is 27.3 Å². The number of carbonyl (C=O) groups is 1. The van der Waals surface area contributed by atoms with E-state index in [2.05, 4.69) is 5.32 Å². The van der Waals surface area contributed by atoms with Gasteiger partial charge in [-0.15, -0.1) is 0 Å². The van der Waals surface area contributed by atoms with E-state index in [0.717, 1.165) is 39.6 Å². The van der Waals surface area contributed by atoms with Gasteiger partial charge in [-0.1, -0.05) is 54.6 Å². The van der Waals surface area contributed by atoms with Crippen LogP contribution in [0.25, 0.3) is 0 Å². The SMILES string of the molecule is COc1ccc([C@H](NC(=O)C[NH+](C)Cc2cccc(OC)c2)c2ccccc2)cc1. The van der Waals surface area contributed by atoms with Crippen LogP contribution in [0.2, 0.25) is 0 Å². The number of benzene rings is 3. The standard InChI is InChI=1S/C25H28N2O3/c1-27(17-19-8-7-11-23(16-19)30-3)18-24(28)26-25(20-9-5-4-6-10-20)21-12-14-22(29-2)15-13-21/h4-16,25H,17-18H2,1-3H3,(H,26,28)/p+1/t25-/m1/s1. The fraction of sp³-hybridized carbons (Fsp3) is 0.240. The van der Waals surface area contributed by atoms with Crippen molar-refractivity contribution in [1.82, 2.24) is 5.32 Å². The summed E-state index contributed by atoms with van der Waals surface area (Å²) in [5, 5.41) is 3.20. The van der Waals surface area contributed by atoms with Crippen LogP contribution in [-0.2, 0) is 11.3 Å². The van der Waals surface area contributed by atoms with Crippen molar-refractivity contribution in [3.63, 3.8) is 0 Å². The van der Waals surface area contributed by atoms with Gasteiger partial charge >= 0.3 is 0 Å². The molecule has 0 aromatic heterocycles. The van der Waals surface area contributed by atoms with E-state index in [1.54, 1.807) is 14.2 Å². The molecule has 0 fully saturated rings. The van der Waals surface area contributed by atoms with Gasteiger partial charge in [0.1, 0.15) is 18.0 Å². The van der Waals surface area contributed by atoms with Crippen LogP contribution in [0.3, 0.4) is 0 Å². The van der Waals surface area contributed by atoms with E-state index in [1.165, 1.54) is 0 Å². The highest BCUT2D eigenvalue weighted by atomic mass is 16.5. The number of carbonyl (C=O) groups excluding carboxylic acids is 1. The van der Waals surface area contributed by atoms with Crippen LogP contribution >= 0.6 is 0 Å². The molecule has 5 nitrogen and oxygen atoms in total. The topological polar surface area (TPSA) is 52.0 Å². The van der Waals surface area contributed by atoms with Crippen LogP contribution in [0.1, 0.15) is 22.7 Å². The second-order valence-corrected chi connectivity index (χ2v) is 7.35. The van der Waals surface area contributed by atoms with Crippen LogP contribution in [0.4, 0.5) is 0 Å². The van der Waals surface area contributed by atoms with Crippen molar-refractivity contribution in [2.75, 3.05) is 27.8 Å². The largest absolute Gasteiger partial charge is 0.497 e. The van der Waals surface area contributed by atoms with Gasteiger partial charge in [-0.3, -0.25) is 4.79 Å². The number of hydrogen-bond donors (Lipinski definition) is 2. The number of quaternary nitrogens is 1. The number of likely N-dealkylation sites (N-methyl/N-ethyl adjacent to an activating group) is 1. The molecule has 30 heavy (non-hydrogen) atoms. The second-order valence-electron chi connectivity index (χ2n) is 7.35. The van der Waals surface area contributed by atoms with Gasteiger partial charge in [-0.2, -0.15) is 0 Å². The quantitative estimate of drug-likeness (QED) is 0.576. The molecule has 2 atom stereocenters. The van der Waals surface area contributed by atoms with Crippen molar-refractivity contribution in [3.8, 4) is 11.5 Å². The molecule has 0 saturated carbocycles. The lowest BCUT2D eigenvalue weighted by atomic mass is 9.98. The van der Waals surface area contributed by atoms with E-state index in [1.807, 2.05) is 85.9 Å². The van der Waals surface area contributed by atoms with Gasteiger partial charge in [-0.25, -0.2) is 0 Å². The van der Waals surface area contributed by atoms with E-state index < -0.39 is 0 Å². The maximum atomic E-state index is 12.9. The van der Waals surface area contributed by atoms with Crippen LogP contribution in [0, 0.1) is 0 Å². The summed E-state index contributed by atoms with van der Waals surface area (Å²) in [5.74, 6) is 1.62. The van der Waals surface area contributed by atoms with Crippen molar-refractivity contribution in [2.24, 2.45) is 0 Å². The molecule has 0 heterocycles. The van der Waals surface area contributed by atoms with Crippen molar-refractivity contribution >= 4 is 5.91 Å². The predicted octanol–water partition coefficient (Wildman–Crippen LogP) is 2.62. The van der Waals surface area contributed by atoms with E-state index in [4.69, 9.17) is 9.47 Å². The Morgan fingerprint density at radius 2 is 1.53 bits per heavy atom. The summed E-state index contributed by atoms with van der Waals surface area (Å²) in [6.45, 7) is 1.11. The molecular weight excluding hydrogens is 376 g/mol. The Hall–Kier alpha value is -3.31. The number of nitrogens with one attached hydrogen (secondary N) is 2. The first-order valence-electron chi connectivity index (χ1n) is 10.0. The fourth-order valence-corrected chi connectivity index (χ4v) is 3.48. The molecule has 3 aromatic carbocycles. The van der Waals surface area contributed by atoms with E-state index in [9.17, 15) is 4.79 Å². The highest BCUT2D eigenvalue weighted by Gasteiger charge is 2.19. The number of methoxy groups -OCH3 is 2. The molecule has 0 aliphatic carbocycles. The minimum Gasteiger partial charge on any atom is -0.497 e. The van der Waals surface area contributed by atoms with E-state index in [0.29, 0.717) is 6.54 Å². The van der Waals surface area contributed by atoms with Gasteiger partial charge in [-0.05, 0) is 35.4 Å². The third-order valence-electron chi connectivity index (χ3n) is 4.99. The number of hydrogen-bond acceptors (Lipinski definition) is 3. The van der Waals surface area contributed by atoms with Crippen molar-refractivity contribution < 1.29 is 19.2 Å². The molecule has 0 bridgehead atoms. The Morgan fingerprint density at radius 1 is 0.867 bits per heavy atom. The molecule has 0 radical (unpaired) electrons. The van der Waals surface area contributed by atoms with Crippen LogP contribution in [0.15, 0.2) is 78.9 Å². The lowest BCUT2D eigenvalue weighted by Gasteiger charge is -2.21. The summed E-state index contributed by atoms with van der Waals surface area (Å²) < 4.78 is 10.5. The summed E-state index contributed by atoms with van der Waals surface area (Å²) in [4.78, 5) is 14.0. The Morgan fingerprint density at radius 3 is 2.20 bits per heavy atom. The summed E-state index contributed by atoms with van der Waals surface area (Å²) in [5.41, 5.74) is 3.19. The summed E-state index contributed by atoms with van der Waals surface area (Å²) in [7, 11) is 5.32. The third-order valence-corrected chi connectivity index (χ3v) is 4.99. The van der Waals surface area contributed by atoms with Gasteiger partial charge in [0.2, 0.25) is 0 Å². The molecule has 0 spiro atoms. The molecule has 0 saturated heterocycles. The summed E-state index contributed by atoms with van der Waals surface area (Å²) >= 11 is 0. The Kier molecular flexibility index (Phi) is 7.46. The van der Waals surface area contributed by atoms with Gasteiger partial charge in [0.15, 0.2) is 6.54 Å². The number of amides is 1. The van der Waals surface area contributed by atoms with Crippen molar-refractivity contribution in [3.05, 3.63) is 95.6 Å². The Balaban J connectivity index is 1.69.